The van der Waals surface area contributed by atoms with E-state index in [1.807, 2.05) is 0 Å². The van der Waals surface area contributed by atoms with Crippen LogP contribution in [0.3, 0.4) is 0 Å². The summed E-state index contributed by atoms with van der Waals surface area (Å²) in [4.78, 5) is -0.281. The zero-order valence-corrected chi connectivity index (χ0v) is 24.7. The van der Waals surface area contributed by atoms with Gasteiger partial charge in [-0.15, -0.1) is 0 Å². The number of aliphatic hydroxyl groups is 1. The van der Waals surface area contributed by atoms with Gasteiger partial charge in [-0.25, -0.2) is 25.3 Å². The van der Waals surface area contributed by atoms with Crippen molar-refractivity contribution in [1.29, 1.82) is 0 Å². The lowest BCUT2D eigenvalue weighted by Gasteiger charge is -2.32. The molecular weight excluding hydrogens is 580 g/mol. The van der Waals surface area contributed by atoms with Crippen molar-refractivity contribution in [1.82, 2.24) is 0 Å². The minimum Gasteiger partial charge on any atom is -0.495 e. The molecule has 40 heavy (non-hydrogen) atoms. The summed E-state index contributed by atoms with van der Waals surface area (Å²) in [7, 11) is -9.60. The van der Waals surface area contributed by atoms with Gasteiger partial charge in [0, 0.05) is 5.69 Å². The number of hydrogen-bond acceptors (Lipinski definition) is 9. The molecule has 0 spiro atoms. The Hall–Kier alpha value is -3.33. The molecule has 1 heterocycles. The monoisotopic (exact) mass is 610 g/mol. The highest BCUT2D eigenvalue weighted by Gasteiger charge is 2.45. The first kappa shape index (κ1) is 29.6. The second kappa shape index (κ2) is 10.9. The SMILES string of the molecule is COc1ccc(C)cc1S(=O)(=O)Nc1ccc(N([C@@H]2CS(=O)(=O)C[C@@H]2O)S(=O)(=O)c2cc(C)ccc2OC)cc1. The van der Waals surface area contributed by atoms with Crippen molar-refractivity contribution in [3.63, 3.8) is 0 Å². The molecule has 1 fully saturated rings. The normalized spacial score (nSPS) is 18.7. The Kier molecular flexibility index (Phi) is 8.09. The Bertz CT molecular complexity index is 1740. The minimum absolute atomic E-state index is 0.0285. The Morgan fingerprint density at radius 2 is 1.35 bits per heavy atom. The predicted molar refractivity (Wildman–Crippen MR) is 151 cm³/mol. The van der Waals surface area contributed by atoms with Crippen LogP contribution in [-0.2, 0) is 29.9 Å². The largest absolute Gasteiger partial charge is 0.495 e. The van der Waals surface area contributed by atoms with E-state index in [-0.39, 0.29) is 32.7 Å². The summed E-state index contributed by atoms with van der Waals surface area (Å²) < 4.78 is 92.8. The molecule has 0 radical (unpaired) electrons. The summed E-state index contributed by atoms with van der Waals surface area (Å²) in [6, 6.07) is 13.3. The zero-order valence-electron chi connectivity index (χ0n) is 22.2. The smallest absolute Gasteiger partial charge is 0.268 e. The average Bonchev–Trinajstić information content (AvgIpc) is 3.16. The maximum atomic E-state index is 14.0. The van der Waals surface area contributed by atoms with E-state index in [0.717, 1.165) is 4.31 Å². The highest BCUT2D eigenvalue weighted by molar-refractivity contribution is 7.93. The van der Waals surface area contributed by atoms with Crippen molar-refractivity contribution >= 4 is 41.3 Å². The number of aliphatic hydroxyl groups excluding tert-OH is 1. The lowest BCUT2D eigenvalue weighted by molar-refractivity contribution is 0.184. The number of ether oxygens (including phenoxy) is 2. The first-order valence-electron chi connectivity index (χ1n) is 12.0. The third kappa shape index (κ3) is 5.89. The van der Waals surface area contributed by atoms with Crippen LogP contribution in [0.2, 0.25) is 0 Å². The van der Waals surface area contributed by atoms with Crippen molar-refractivity contribution in [3.05, 3.63) is 71.8 Å². The summed E-state index contributed by atoms with van der Waals surface area (Å²) in [5.41, 5.74) is 1.47. The lowest BCUT2D eigenvalue weighted by atomic mass is 10.2. The van der Waals surface area contributed by atoms with E-state index in [4.69, 9.17) is 9.47 Å². The van der Waals surface area contributed by atoms with Gasteiger partial charge in [0.15, 0.2) is 9.84 Å². The fraction of sp³-hybridized carbons (Fsp3) is 0.308. The summed E-state index contributed by atoms with van der Waals surface area (Å²) >= 11 is 0. The number of hydrogen-bond donors (Lipinski definition) is 2. The van der Waals surface area contributed by atoms with Crippen LogP contribution in [0.25, 0.3) is 0 Å². The zero-order chi connectivity index (χ0) is 29.5. The molecule has 4 rings (SSSR count). The molecule has 2 N–H and O–H groups in total. The topological polar surface area (TPSA) is 156 Å². The van der Waals surface area contributed by atoms with Crippen LogP contribution in [0.4, 0.5) is 11.4 Å². The van der Waals surface area contributed by atoms with Crippen LogP contribution >= 0.6 is 0 Å². The molecule has 0 bridgehead atoms. The molecule has 0 saturated carbocycles. The number of benzene rings is 3. The minimum atomic E-state index is -4.46. The van der Waals surface area contributed by atoms with Gasteiger partial charge in [-0.1, -0.05) is 12.1 Å². The first-order chi connectivity index (χ1) is 18.7. The van der Waals surface area contributed by atoms with Gasteiger partial charge in [-0.05, 0) is 73.5 Å². The molecule has 14 heteroatoms. The van der Waals surface area contributed by atoms with E-state index in [0.29, 0.717) is 11.1 Å². The second-order valence-corrected chi connectivity index (χ2v) is 15.1. The van der Waals surface area contributed by atoms with Gasteiger partial charge in [0.05, 0.1) is 43.6 Å². The number of sulfonamides is 2. The van der Waals surface area contributed by atoms with Crippen molar-refractivity contribution in [3.8, 4) is 11.5 Å². The number of rotatable bonds is 9. The van der Waals surface area contributed by atoms with Crippen LogP contribution in [0, 0.1) is 13.8 Å². The molecule has 0 unspecified atom stereocenters. The van der Waals surface area contributed by atoms with E-state index < -0.39 is 53.5 Å². The molecule has 11 nitrogen and oxygen atoms in total. The number of nitrogens with one attached hydrogen (secondary N) is 1. The molecule has 3 aromatic carbocycles. The Morgan fingerprint density at radius 3 is 1.85 bits per heavy atom. The van der Waals surface area contributed by atoms with Crippen LogP contribution < -0.4 is 18.5 Å². The van der Waals surface area contributed by atoms with E-state index in [1.54, 1.807) is 26.0 Å². The van der Waals surface area contributed by atoms with E-state index >= 15 is 0 Å². The molecule has 1 aliphatic rings. The summed E-state index contributed by atoms with van der Waals surface area (Å²) in [6.07, 6.45) is -1.48. The van der Waals surface area contributed by atoms with Crippen LogP contribution in [0.5, 0.6) is 11.5 Å². The molecule has 0 amide bonds. The second-order valence-electron chi connectivity index (χ2n) is 9.47. The van der Waals surface area contributed by atoms with Gasteiger partial charge >= 0.3 is 0 Å². The molecule has 0 aromatic heterocycles. The van der Waals surface area contributed by atoms with Gasteiger partial charge in [-0.2, -0.15) is 0 Å². The molecule has 0 aliphatic carbocycles. The van der Waals surface area contributed by atoms with E-state index in [2.05, 4.69) is 4.72 Å². The molecule has 1 saturated heterocycles. The van der Waals surface area contributed by atoms with Crippen LogP contribution in [0.1, 0.15) is 11.1 Å². The van der Waals surface area contributed by atoms with Crippen LogP contribution in [0.15, 0.2) is 70.5 Å². The van der Waals surface area contributed by atoms with Crippen molar-refractivity contribution in [2.24, 2.45) is 0 Å². The number of sulfone groups is 1. The summed E-state index contributed by atoms with van der Waals surface area (Å²) in [6.45, 7) is 3.44. The highest BCUT2D eigenvalue weighted by atomic mass is 32.2. The van der Waals surface area contributed by atoms with Gasteiger partial charge < -0.3 is 14.6 Å². The van der Waals surface area contributed by atoms with Gasteiger partial charge in [0.2, 0.25) is 0 Å². The lowest BCUT2D eigenvalue weighted by Crippen LogP contribution is -2.47. The molecule has 1 aliphatic heterocycles. The standard InChI is InChI=1S/C26H30N2O9S3/c1-17-5-11-23(36-3)25(13-17)39(32,33)27-19-7-9-20(10-8-19)28(21-15-38(30,31)16-22(21)29)40(34,35)26-14-18(2)6-12-24(26)37-4/h5-14,21-22,27,29H,15-16H2,1-4H3/t21-,22+/m1/s1. The fourth-order valence-corrected chi connectivity index (χ4v) is 9.62. The number of anilines is 2. The molecule has 216 valence electrons. The Morgan fingerprint density at radius 1 is 0.825 bits per heavy atom. The van der Waals surface area contributed by atoms with Crippen molar-refractivity contribution in [2.45, 2.75) is 35.8 Å². The molecular formula is C26H30N2O9S3. The fourth-order valence-electron chi connectivity index (χ4n) is 4.51. The van der Waals surface area contributed by atoms with Crippen molar-refractivity contribution in [2.75, 3.05) is 34.8 Å². The Balaban J connectivity index is 1.77. The number of aryl methyl sites for hydroxylation is 2. The number of nitrogens with zero attached hydrogens (tertiary/aromatic N) is 1. The van der Waals surface area contributed by atoms with Gasteiger partial charge in [-0.3, -0.25) is 9.03 Å². The van der Waals surface area contributed by atoms with Gasteiger partial charge in [0.25, 0.3) is 20.0 Å². The summed E-state index contributed by atoms with van der Waals surface area (Å²) in [5.74, 6) is -0.994. The first-order valence-corrected chi connectivity index (χ1v) is 16.8. The van der Waals surface area contributed by atoms with Gasteiger partial charge in [0.1, 0.15) is 21.3 Å². The summed E-state index contributed by atoms with van der Waals surface area (Å²) in [5, 5.41) is 10.6. The third-order valence-electron chi connectivity index (χ3n) is 6.43. The Labute approximate surface area is 234 Å². The van der Waals surface area contributed by atoms with E-state index in [1.165, 1.54) is 62.8 Å². The maximum Gasteiger partial charge on any atom is 0.268 e. The third-order valence-corrected chi connectivity index (χ3v) is 11.4. The molecule has 3 aromatic rings. The molecule has 2 atom stereocenters. The number of methoxy groups -OCH3 is 2. The predicted octanol–water partition coefficient (Wildman–Crippen LogP) is 2.47. The van der Waals surface area contributed by atoms with E-state index in [9.17, 15) is 30.4 Å². The van der Waals surface area contributed by atoms with Crippen molar-refractivity contribution < 1.29 is 39.8 Å². The average molecular weight is 611 g/mol. The quantitative estimate of drug-likeness (QED) is 0.372. The van der Waals surface area contributed by atoms with Crippen LogP contribution in [-0.4, -0.2) is 68.2 Å². The maximum absolute atomic E-state index is 14.0. The highest BCUT2D eigenvalue weighted by Crippen LogP contribution is 2.36.